The van der Waals surface area contributed by atoms with Gasteiger partial charge in [-0.3, -0.25) is 4.99 Å². The minimum Gasteiger partial charge on any atom is -0.518 e. The number of hydrogen-bond acceptors (Lipinski definition) is 4. The Morgan fingerprint density at radius 1 is 0.974 bits per heavy atom. The normalized spacial score (nSPS) is 16.7. The summed E-state index contributed by atoms with van der Waals surface area (Å²) in [6, 6.07) is 24.1. The molecular formula is C33H31N3O2Pt. The SMILES string of the molecule is [2H]C([2H])([2H])[C@@H]1COC(c2[c-]c(Oc3[c-]c4c(cc3)c3cc(C)ccc3n4-c3cc(C(C)(C)C)ccn3)cc(C)c2)=N1.[Pt+2]. The van der Waals surface area contributed by atoms with Crippen LogP contribution in [0.4, 0.5) is 0 Å². The minimum absolute atomic E-state index is 0. The zero-order valence-corrected chi connectivity index (χ0v) is 24.8. The van der Waals surface area contributed by atoms with E-state index < -0.39 is 12.9 Å². The van der Waals surface area contributed by atoms with Gasteiger partial charge >= 0.3 is 21.1 Å². The molecule has 6 rings (SSSR count). The van der Waals surface area contributed by atoms with Crippen LogP contribution < -0.4 is 4.74 Å². The van der Waals surface area contributed by atoms with Crippen molar-refractivity contribution in [1.29, 1.82) is 0 Å². The van der Waals surface area contributed by atoms with Crippen molar-refractivity contribution in [2.75, 3.05) is 6.61 Å². The first kappa shape index (κ1) is 23.5. The second-order valence-electron chi connectivity index (χ2n) is 10.9. The molecule has 0 radical (unpaired) electrons. The van der Waals surface area contributed by atoms with Crippen LogP contribution in [0.25, 0.3) is 27.6 Å². The first-order valence-corrected chi connectivity index (χ1v) is 12.7. The Kier molecular flexibility index (Phi) is 6.18. The number of benzene rings is 3. The van der Waals surface area contributed by atoms with Crippen molar-refractivity contribution >= 4 is 27.7 Å². The van der Waals surface area contributed by atoms with Crippen LogP contribution in [-0.2, 0) is 31.2 Å². The Balaban J connectivity index is 0.00000353. The standard InChI is InChI=1S/C33H31N3O2.Pt/c1-20-7-10-29-28(15-20)27-9-8-25(18-30(27)36(29)31-17-24(11-12-34-31)33(4,5)6)38-26-14-21(2)13-23(16-26)32-35-22(3)19-37-32;/h7-15,17,22H,19H2,1-6H3;/q-2;+2/t22-;/m1./s1/i3D3;. The zero-order chi connectivity index (χ0) is 29.1. The summed E-state index contributed by atoms with van der Waals surface area (Å²) < 4.78 is 37.0. The topological polar surface area (TPSA) is 48.6 Å². The molecular weight excluding hydrogens is 665 g/mol. The molecule has 0 saturated heterocycles. The minimum atomic E-state index is -2.21. The predicted molar refractivity (Wildman–Crippen MR) is 153 cm³/mol. The number of nitrogens with zero attached hydrogens (tertiary/aromatic N) is 3. The quantitative estimate of drug-likeness (QED) is 0.181. The molecule has 1 aliphatic rings. The van der Waals surface area contributed by atoms with Crippen LogP contribution in [-0.4, -0.2) is 28.1 Å². The molecule has 0 fully saturated rings. The van der Waals surface area contributed by atoms with Crippen molar-refractivity contribution in [1.82, 2.24) is 9.55 Å². The molecule has 0 amide bonds. The summed E-state index contributed by atoms with van der Waals surface area (Å²) in [6.07, 6.45) is 1.86. The van der Waals surface area contributed by atoms with Gasteiger partial charge in [0.15, 0.2) is 0 Å². The van der Waals surface area contributed by atoms with Gasteiger partial charge in [-0.2, -0.15) is 6.07 Å². The summed E-state index contributed by atoms with van der Waals surface area (Å²) in [7, 11) is 0. The number of ether oxygens (including phenoxy) is 2. The summed E-state index contributed by atoms with van der Waals surface area (Å²) in [6.45, 7) is 8.40. The molecule has 6 heteroatoms. The molecule has 3 heterocycles. The largest absolute Gasteiger partial charge is 2.00 e. The van der Waals surface area contributed by atoms with Crippen molar-refractivity contribution < 1.29 is 34.7 Å². The van der Waals surface area contributed by atoms with E-state index in [4.69, 9.17) is 18.6 Å². The Morgan fingerprint density at radius 3 is 2.59 bits per heavy atom. The van der Waals surface area contributed by atoms with E-state index in [1.807, 2.05) is 31.3 Å². The van der Waals surface area contributed by atoms with Crippen molar-refractivity contribution in [3.8, 4) is 17.3 Å². The predicted octanol–water partition coefficient (Wildman–Crippen LogP) is 7.65. The Bertz CT molecular complexity index is 1840. The van der Waals surface area contributed by atoms with Crippen LogP contribution in [0.5, 0.6) is 11.5 Å². The summed E-state index contributed by atoms with van der Waals surface area (Å²) in [5.41, 5.74) is 5.71. The van der Waals surface area contributed by atoms with Gasteiger partial charge in [0, 0.05) is 27.3 Å². The maximum Gasteiger partial charge on any atom is 2.00 e. The van der Waals surface area contributed by atoms with Gasteiger partial charge in [0.2, 0.25) is 0 Å². The van der Waals surface area contributed by atoms with Gasteiger partial charge < -0.3 is 14.0 Å². The average molecular weight is 700 g/mol. The third-order valence-electron chi connectivity index (χ3n) is 6.74. The molecule has 3 aromatic carbocycles. The summed E-state index contributed by atoms with van der Waals surface area (Å²) in [5, 5.41) is 2.17. The molecule has 5 nitrogen and oxygen atoms in total. The third kappa shape index (κ3) is 5.25. The maximum atomic E-state index is 7.65. The molecule has 0 spiro atoms. The first-order chi connectivity index (χ1) is 19.4. The summed E-state index contributed by atoms with van der Waals surface area (Å²) in [5.74, 6) is 2.07. The first-order valence-electron chi connectivity index (χ1n) is 14.2. The average Bonchev–Trinajstić information content (AvgIpc) is 3.51. The smallest absolute Gasteiger partial charge is 0.518 e. The molecule has 0 unspecified atom stereocenters. The molecule has 0 N–H and O–H groups in total. The van der Waals surface area contributed by atoms with Crippen LogP contribution in [0.1, 0.15) is 54.0 Å². The van der Waals surface area contributed by atoms with Crippen molar-refractivity contribution in [3.63, 3.8) is 0 Å². The van der Waals surface area contributed by atoms with Crippen LogP contribution >= 0.6 is 0 Å². The van der Waals surface area contributed by atoms with Gasteiger partial charge in [-0.25, -0.2) is 4.98 Å². The molecule has 1 atom stereocenters. The second kappa shape index (κ2) is 10.3. The van der Waals surface area contributed by atoms with Crippen LogP contribution in [0.3, 0.4) is 0 Å². The fraction of sp³-hybridized carbons (Fsp3) is 0.273. The number of fused-ring (bicyclic) bond motifs is 3. The molecule has 200 valence electrons. The number of aliphatic imine (C=N–C) groups is 1. The molecule has 0 saturated carbocycles. The molecule has 0 aliphatic carbocycles. The van der Waals surface area contributed by atoms with E-state index in [0.717, 1.165) is 33.2 Å². The van der Waals surface area contributed by atoms with Gasteiger partial charge in [0.25, 0.3) is 0 Å². The molecule has 1 aliphatic heterocycles. The van der Waals surface area contributed by atoms with E-state index in [2.05, 4.69) is 85.8 Å². The molecule has 5 aromatic rings. The summed E-state index contributed by atoms with van der Waals surface area (Å²) in [4.78, 5) is 9.04. The zero-order valence-electron chi connectivity index (χ0n) is 25.5. The number of hydrogen-bond donors (Lipinski definition) is 0. The number of pyridine rings is 1. The van der Waals surface area contributed by atoms with Gasteiger partial charge in [-0.15, -0.1) is 29.1 Å². The Morgan fingerprint density at radius 2 is 1.82 bits per heavy atom. The Hall–Kier alpha value is -3.43. The van der Waals surface area contributed by atoms with E-state index in [9.17, 15) is 0 Å². The summed E-state index contributed by atoms with van der Waals surface area (Å²) >= 11 is 0. The van der Waals surface area contributed by atoms with Crippen LogP contribution in [0.15, 0.2) is 65.8 Å². The monoisotopic (exact) mass is 699 g/mol. The van der Waals surface area contributed by atoms with E-state index >= 15 is 0 Å². The molecule has 0 bridgehead atoms. The van der Waals surface area contributed by atoms with Crippen LogP contribution in [0, 0.1) is 26.0 Å². The second-order valence-corrected chi connectivity index (χ2v) is 10.9. The van der Waals surface area contributed by atoms with Gasteiger partial charge in [0.1, 0.15) is 11.7 Å². The molecule has 39 heavy (non-hydrogen) atoms. The van der Waals surface area contributed by atoms with E-state index in [0.29, 0.717) is 17.1 Å². The number of aryl methyl sites for hydroxylation is 2. The maximum absolute atomic E-state index is 7.65. The van der Waals surface area contributed by atoms with E-state index in [-0.39, 0.29) is 39.0 Å². The number of aromatic nitrogens is 2. The third-order valence-corrected chi connectivity index (χ3v) is 6.74. The number of rotatable bonds is 4. The van der Waals surface area contributed by atoms with Crippen molar-refractivity contribution in [2.24, 2.45) is 4.99 Å². The van der Waals surface area contributed by atoms with Crippen molar-refractivity contribution in [3.05, 3.63) is 95.2 Å². The fourth-order valence-electron chi connectivity index (χ4n) is 4.83. The van der Waals surface area contributed by atoms with Crippen LogP contribution in [0.2, 0.25) is 0 Å². The fourth-order valence-corrected chi connectivity index (χ4v) is 4.83. The van der Waals surface area contributed by atoms with Crippen molar-refractivity contribution in [2.45, 2.75) is 52.9 Å². The van der Waals surface area contributed by atoms with E-state index in [1.165, 1.54) is 11.1 Å². The Labute approximate surface area is 248 Å². The van der Waals surface area contributed by atoms with E-state index in [1.54, 1.807) is 0 Å². The van der Waals surface area contributed by atoms with Gasteiger partial charge in [0.05, 0.1) is 12.6 Å². The van der Waals surface area contributed by atoms with Gasteiger partial charge in [-0.05, 0) is 48.3 Å². The van der Waals surface area contributed by atoms with Gasteiger partial charge in [-0.1, -0.05) is 68.6 Å². The molecule has 2 aromatic heterocycles.